The Morgan fingerprint density at radius 1 is 1.06 bits per heavy atom. The van der Waals surface area contributed by atoms with E-state index < -0.39 is 46.3 Å². The predicted molar refractivity (Wildman–Crippen MR) is 98.5 cm³/mol. The summed E-state index contributed by atoms with van der Waals surface area (Å²) in [7, 11) is 0. The van der Waals surface area contributed by atoms with Crippen LogP contribution in [0.2, 0.25) is 0 Å². The fourth-order valence-corrected chi connectivity index (χ4v) is 3.87. The first-order chi connectivity index (χ1) is 15.1. The number of rotatable bonds is 2. The van der Waals surface area contributed by atoms with Crippen molar-refractivity contribution in [2.24, 2.45) is 5.92 Å². The average molecular weight is 454 g/mol. The smallest absolute Gasteiger partial charge is 0.422 e. The first-order valence-corrected chi connectivity index (χ1v) is 9.50. The first-order valence-electron chi connectivity index (χ1n) is 9.50. The molecular formula is C20H12F6N4O2. The van der Waals surface area contributed by atoms with E-state index in [2.05, 4.69) is 15.2 Å². The Kier molecular flexibility index (Phi) is 4.33. The predicted octanol–water partition coefficient (Wildman–Crippen LogP) is 5.72. The standard InChI is InChI=1S/C20H12F6N4O2/c21-19(22,23)12-7-14(20(24,25)26)28-15-11(12)5-4-10-6-13(17-29-27-8-32-17)30(16(10)15)18(31)9-2-1-3-9/h4-9H,1-3H2. The highest BCUT2D eigenvalue weighted by molar-refractivity contribution is 6.11. The molecule has 0 unspecified atom stereocenters. The van der Waals surface area contributed by atoms with Crippen molar-refractivity contribution in [1.82, 2.24) is 19.7 Å². The first kappa shape index (κ1) is 20.5. The lowest BCUT2D eigenvalue weighted by molar-refractivity contribution is -0.144. The fourth-order valence-electron chi connectivity index (χ4n) is 3.87. The number of aromatic nitrogens is 4. The molecule has 1 aromatic carbocycles. The van der Waals surface area contributed by atoms with Gasteiger partial charge in [-0.15, -0.1) is 10.2 Å². The van der Waals surface area contributed by atoms with Gasteiger partial charge in [-0.2, -0.15) is 26.3 Å². The number of hydrogen-bond donors (Lipinski definition) is 0. The molecular weight excluding hydrogens is 442 g/mol. The number of alkyl halides is 6. The zero-order chi connectivity index (χ0) is 22.8. The summed E-state index contributed by atoms with van der Waals surface area (Å²) in [5, 5.41) is 6.98. The third kappa shape index (κ3) is 3.12. The number of halogens is 6. The quantitative estimate of drug-likeness (QED) is 0.363. The van der Waals surface area contributed by atoms with Crippen LogP contribution in [0, 0.1) is 5.92 Å². The van der Waals surface area contributed by atoms with E-state index in [9.17, 15) is 31.1 Å². The Morgan fingerprint density at radius 2 is 1.81 bits per heavy atom. The summed E-state index contributed by atoms with van der Waals surface area (Å²) >= 11 is 0. The Bertz CT molecular complexity index is 1350. The van der Waals surface area contributed by atoms with Crippen LogP contribution in [0.3, 0.4) is 0 Å². The molecule has 0 amide bonds. The average Bonchev–Trinajstić information content (AvgIpc) is 3.31. The summed E-state index contributed by atoms with van der Waals surface area (Å²) < 4.78 is 87.5. The summed E-state index contributed by atoms with van der Waals surface area (Å²) in [5.41, 5.74) is -3.85. The van der Waals surface area contributed by atoms with E-state index in [-0.39, 0.29) is 28.6 Å². The third-order valence-corrected chi connectivity index (χ3v) is 5.59. The highest BCUT2D eigenvalue weighted by Gasteiger charge is 2.40. The Balaban J connectivity index is 1.93. The number of pyridine rings is 1. The number of benzene rings is 1. The van der Waals surface area contributed by atoms with E-state index in [1.807, 2.05) is 0 Å². The minimum atomic E-state index is -5.12. The second-order valence-corrected chi connectivity index (χ2v) is 7.53. The molecule has 1 saturated carbocycles. The molecule has 3 aromatic heterocycles. The van der Waals surface area contributed by atoms with Crippen LogP contribution in [0.1, 0.15) is 35.3 Å². The van der Waals surface area contributed by atoms with Crippen molar-refractivity contribution in [1.29, 1.82) is 0 Å². The second-order valence-electron chi connectivity index (χ2n) is 7.53. The highest BCUT2D eigenvalue weighted by atomic mass is 19.4. The molecule has 1 fully saturated rings. The summed E-state index contributed by atoms with van der Waals surface area (Å²) in [6.45, 7) is 0. The van der Waals surface area contributed by atoms with E-state index in [0.717, 1.165) is 23.4 Å². The van der Waals surface area contributed by atoms with Crippen molar-refractivity contribution < 1.29 is 35.6 Å². The Labute approximate surface area is 174 Å². The monoisotopic (exact) mass is 454 g/mol. The number of carbonyl (C=O) groups is 1. The molecule has 32 heavy (non-hydrogen) atoms. The van der Waals surface area contributed by atoms with Gasteiger partial charge in [0.05, 0.1) is 16.6 Å². The van der Waals surface area contributed by atoms with Gasteiger partial charge in [0.1, 0.15) is 11.4 Å². The van der Waals surface area contributed by atoms with Crippen LogP contribution in [0.15, 0.2) is 35.1 Å². The lowest BCUT2D eigenvalue weighted by Crippen LogP contribution is -2.27. The van der Waals surface area contributed by atoms with E-state index in [1.54, 1.807) is 0 Å². The fraction of sp³-hybridized carbons (Fsp3) is 0.300. The van der Waals surface area contributed by atoms with Gasteiger partial charge in [0, 0.05) is 16.7 Å². The molecule has 5 rings (SSSR count). The van der Waals surface area contributed by atoms with Crippen LogP contribution in [0.25, 0.3) is 33.4 Å². The molecule has 0 bridgehead atoms. The normalized spacial score (nSPS) is 15.4. The van der Waals surface area contributed by atoms with Gasteiger partial charge in [-0.3, -0.25) is 9.36 Å². The maximum Gasteiger partial charge on any atom is 0.433 e. The van der Waals surface area contributed by atoms with Gasteiger partial charge in [0.2, 0.25) is 12.3 Å². The minimum Gasteiger partial charge on any atom is -0.422 e. The largest absolute Gasteiger partial charge is 0.433 e. The third-order valence-electron chi connectivity index (χ3n) is 5.59. The van der Waals surface area contributed by atoms with Crippen molar-refractivity contribution in [3.05, 3.63) is 41.9 Å². The van der Waals surface area contributed by atoms with Crippen LogP contribution in [0.5, 0.6) is 0 Å². The lowest BCUT2D eigenvalue weighted by Gasteiger charge is -2.25. The zero-order valence-corrected chi connectivity index (χ0v) is 16.0. The molecule has 1 aliphatic rings. The van der Waals surface area contributed by atoms with E-state index in [1.165, 1.54) is 12.1 Å². The van der Waals surface area contributed by atoms with Crippen LogP contribution < -0.4 is 0 Å². The molecule has 12 heteroatoms. The van der Waals surface area contributed by atoms with Crippen molar-refractivity contribution in [2.45, 2.75) is 31.6 Å². The van der Waals surface area contributed by atoms with E-state index in [4.69, 9.17) is 4.42 Å². The van der Waals surface area contributed by atoms with Gasteiger partial charge in [-0.25, -0.2) is 4.98 Å². The molecule has 0 atom stereocenters. The van der Waals surface area contributed by atoms with E-state index >= 15 is 0 Å². The maximum atomic E-state index is 13.7. The van der Waals surface area contributed by atoms with Crippen LogP contribution >= 0.6 is 0 Å². The summed E-state index contributed by atoms with van der Waals surface area (Å²) in [4.78, 5) is 16.8. The van der Waals surface area contributed by atoms with Crippen LogP contribution in [0.4, 0.5) is 26.3 Å². The molecule has 4 aromatic rings. The molecule has 0 spiro atoms. The highest BCUT2D eigenvalue weighted by Crippen LogP contribution is 2.42. The maximum absolute atomic E-state index is 13.7. The zero-order valence-electron chi connectivity index (χ0n) is 16.0. The van der Waals surface area contributed by atoms with Crippen LogP contribution in [-0.2, 0) is 12.4 Å². The SMILES string of the molecule is O=C(C1CCC1)n1c(-c2nnco2)cc2ccc3c(C(F)(F)F)cc(C(F)(F)F)nc3c21. The molecule has 3 heterocycles. The Morgan fingerprint density at radius 3 is 2.38 bits per heavy atom. The molecule has 1 aliphatic carbocycles. The van der Waals surface area contributed by atoms with Gasteiger partial charge in [-0.05, 0) is 25.0 Å². The summed E-state index contributed by atoms with van der Waals surface area (Å²) in [5.74, 6) is -0.986. The van der Waals surface area contributed by atoms with Crippen molar-refractivity contribution in [3.63, 3.8) is 0 Å². The lowest BCUT2D eigenvalue weighted by atomic mass is 9.84. The second kappa shape index (κ2) is 6.78. The van der Waals surface area contributed by atoms with E-state index in [0.29, 0.717) is 12.8 Å². The van der Waals surface area contributed by atoms with Crippen molar-refractivity contribution in [3.8, 4) is 11.6 Å². The molecule has 6 nitrogen and oxygen atoms in total. The van der Waals surface area contributed by atoms with Crippen molar-refractivity contribution >= 4 is 27.7 Å². The minimum absolute atomic E-state index is 0.0197. The molecule has 0 aliphatic heterocycles. The number of nitrogens with zero attached hydrogens (tertiary/aromatic N) is 4. The number of carbonyl (C=O) groups excluding carboxylic acids is 1. The molecule has 166 valence electrons. The topological polar surface area (TPSA) is 73.8 Å². The molecule has 0 N–H and O–H groups in total. The van der Waals surface area contributed by atoms with Gasteiger partial charge < -0.3 is 4.42 Å². The summed E-state index contributed by atoms with van der Waals surface area (Å²) in [6.07, 6.45) is -7.28. The molecule has 0 radical (unpaired) electrons. The van der Waals surface area contributed by atoms with Crippen LogP contribution in [-0.4, -0.2) is 25.7 Å². The summed E-state index contributed by atoms with van der Waals surface area (Å²) in [6, 6.07) is 3.73. The Hall–Kier alpha value is -3.44. The number of hydrogen-bond acceptors (Lipinski definition) is 5. The van der Waals surface area contributed by atoms with Gasteiger partial charge in [0.15, 0.2) is 0 Å². The van der Waals surface area contributed by atoms with Gasteiger partial charge in [-0.1, -0.05) is 18.6 Å². The number of fused-ring (bicyclic) bond motifs is 3. The molecule has 0 saturated heterocycles. The van der Waals surface area contributed by atoms with Crippen molar-refractivity contribution in [2.75, 3.05) is 0 Å². The van der Waals surface area contributed by atoms with Gasteiger partial charge in [0.25, 0.3) is 5.89 Å². The van der Waals surface area contributed by atoms with Gasteiger partial charge >= 0.3 is 12.4 Å².